The van der Waals surface area contributed by atoms with Crippen molar-refractivity contribution in [2.75, 3.05) is 0 Å². The Hall–Kier alpha value is -1.05. The molecule has 21 heavy (non-hydrogen) atoms. The number of phenols is 1. The van der Waals surface area contributed by atoms with Crippen molar-refractivity contribution in [2.24, 2.45) is 0 Å². The number of hydrogen-bond donors (Lipinski definition) is 1. The Labute approximate surface area is 128 Å². The molecule has 1 fully saturated rings. The third kappa shape index (κ3) is 4.21. The summed E-state index contributed by atoms with van der Waals surface area (Å²) in [6.07, 6.45) is 10.5. The van der Waals surface area contributed by atoms with Crippen LogP contribution in [-0.2, 0) is 0 Å². The molecule has 0 radical (unpaired) electrons. The van der Waals surface area contributed by atoms with Gasteiger partial charge in [0.05, 0.1) is 0 Å². The minimum atomic E-state index is -0.118. The van der Waals surface area contributed by atoms with Gasteiger partial charge in [0, 0.05) is 0 Å². The highest BCUT2D eigenvalue weighted by Crippen LogP contribution is 2.37. The molecule has 118 valence electrons. The van der Waals surface area contributed by atoms with Crippen molar-refractivity contribution in [3.05, 3.63) is 29.1 Å². The molecule has 0 saturated heterocycles. The minimum absolute atomic E-state index is 0.118. The number of phenolic OH excluding ortho intramolecular Hbond substituents is 1. The van der Waals surface area contributed by atoms with Gasteiger partial charge in [-0.3, -0.25) is 0 Å². The Kier molecular flexibility index (Phi) is 6.08. The standard InChI is InChI=1S/C19H29FO/c1-3-14(2)16-12-18(20)17(13-19(16)21)15-10-8-6-4-5-7-9-11-15/h12-15,21H,3-11H2,1-2H3. The predicted molar refractivity (Wildman–Crippen MR) is 86.4 cm³/mol. The van der Waals surface area contributed by atoms with Gasteiger partial charge in [0.2, 0.25) is 0 Å². The van der Waals surface area contributed by atoms with E-state index in [2.05, 4.69) is 6.92 Å². The molecule has 1 atom stereocenters. The van der Waals surface area contributed by atoms with E-state index in [0.717, 1.165) is 30.4 Å². The molecule has 0 aromatic heterocycles. The van der Waals surface area contributed by atoms with Gasteiger partial charge in [-0.05, 0) is 54.4 Å². The van der Waals surface area contributed by atoms with Crippen LogP contribution in [0.5, 0.6) is 5.75 Å². The summed E-state index contributed by atoms with van der Waals surface area (Å²) in [5.74, 6) is 0.641. The molecule has 2 heteroatoms. The van der Waals surface area contributed by atoms with Crippen LogP contribution in [0.1, 0.15) is 94.6 Å². The van der Waals surface area contributed by atoms with E-state index < -0.39 is 0 Å². The summed E-state index contributed by atoms with van der Waals surface area (Å²) < 4.78 is 14.5. The highest BCUT2D eigenvalue weighted by Gasteiger charge is 2.20. The van der Waals surface area contributed by atoms with Crippen molar-refractivity contribution in [3.63, 3.8) is 0 Å². The van der Waals surface area contributed by atoms with Gasteiger partial charge in [0.1, 0.15) is 11.6 Å². The Bertz CT molecular complexity index is 445. The first-order chi connectivity index (χ1) is 10.1. The molecule has 1 unspecified atom stereocenters. The fourth-order valence-corrected chi connectivity index (χ4v) is 3.46. The van der Waals surface area contributed by atoms with Crippen molar-refractivity contribution in [2.45, 2.75) is 83.5 Å². The first kappa shape index (κ1) is 16.3. The fourth-order valence-electron chi connectivity index (χ4n) is 3.46. The Morgan fingerprint density at radius 1 is 1.10 bits per heavy atom. The molecule has 0 aliphatic heterocycles. The average molecular weight is 292 g/mol. The molecule has 1 aromatic rings. The van der Waals surface area contributed by atoms with E-state index in [-0.39, 0.29) is 23.4 Å². The second-order valence-electron chi connectivity index (χ2n) is 6.64. The maximum absolute atomic E-state index is 14.5. The lowest BCUT2D eigenvalue weighted by atomic mass is 9.87. The molecular formula is C19H29FO. The topological polar surface area (TPSA) is 20.2 Å². The average Bonchev–Trinajstić information content (AvgIpc) is 2.62. The van der Waals surface area contributed by atoms with E-state index in [4.69, 9.17) is 0 Å². The van der Waals surface area contributed by atoms with E-state index >= 15 is 0 Å². The maximum atomic E-state index is 14.5. The SMILES string of the molecule is CCC(C)c1cc(F)c(C2CCCCCCCC2)cc1O. The molecule has 1 aliphatic rings. The summed E-state index contributed by atoms with van der Waals surface area (Å²) in [4.78, 5) is 0. The molecule has 1 aliphatic carbocycles. The zero-order valence-electron chi connectivity index (χ0n) is 13.5. The second kappa shape index (κ2) is 7.82. The molecule has 1 aromatic carbocycles. The molecule has 2 rings (SSSR count). The maximum Gasteiger partial charge on any atom is 0.127 e. The predicted octanol–water partition coefficient (Wildman–Crippen LogP) is 6.26. The first-order valence-electron chi connectivity index (χ1n) is 8.65. The lowest BCUT2D eigenvalue weighted by Crippen LogP contribution is -2.04. The molecule has 1 saturated carbocycles. The molecule has 1 N–H and O–H groups in total. The van der Waals surface area contributed by atoms with Crippen molar-refractivity contribution in [3.8, 4) is 5.75 Å². The smallest absolute Gasteiger partial charge is 0.127 e. The summed E-state index contributed by atoms with van der Waals surface area (Å²) in [6, 6.07) is 3.28. The molecule has 0 amide bonds. The van der Waals surface area contributed by atoms with E-state index in [0.29, 0.717) is 0 Å². The van der Waals surface area contributed by atoms with Gasteiger partial charge in [0.25, 0.3) is 0 Å². The van der Waals surface area contributed by atoms with Crippen LogP contribution in [0.2, 0.25) is 0 Å². The summed E-state index contributed by atoms with van der Waals surface area (Å²) in [5.41, 5.74) is 1.49. The van der Waals surface area contributed by atoms with Gasteiger partial charge in [-0.1, -0.05) is 52.4 Å². The summed E-state index contributed by atoms with van der Waals surface area (Å²) >= 11 is 0. The summed E-state index contributed by atoms with van der Waals surface area (Å²) in [7, 11) is 0. The molecule has 0 bridgehead atoms. The normalized spacial score (nSPS) is 19.6. The van der Waals surface area contributed by atoms with Gasteiger partial charge in [-0.25, -0.2) is 4.39 Å². The fraction of sp³-hybridized carbons (Fsp3) is 0.684. The monoisotopic (exact) mass is 292 g/mol. The summed E-state index contributed by atoms with van der Waals surface area (Å²) in [6.45, 7) is 4.10. The lowest BCUT2D eigenvalue weighted by molar-refractivity contribution is 0.449. The van der Waals surface area contributed by atoms with Crippen LogP contribution < -0.4 is 0 Å². The minimum Gasteiger partial charge on any atom is -0.508 e. The van der Waals surface area contributed by atoms with E-state index in [1.165, 1.54) is 38.5 Å². The lowest BCUT2D eigenvalue weighted by Gasteiger charge is -2.20. The highest BCUT2D eigenvalue weighted by molar-refractivity contribution is 5.41. The Morgan fingerprint density at radius 3 is 2.24 bits per heavy atom. The largest absolute Gasteiger partial charge is 0.508 e. The number of benzene rings is 1. The zero-order valence-corrected chi connectivity index (χ0v) is 13.5. The Morgan fingerprint density at radius 2 is 1.67 bits per heavy atom. The Balaban J connectivity index is 2.23. The van der Waals surface area contributed by atoms with E-state index in [9.17, 15) is 9.50 Å². The van der Waals surface area contributed by atoms with Crippen LogP contribution in [0.15, 0.2) is 12.1 Å². The van der Waals surface area contributed by atoms with E-state index in [1.54, 1.807) is 12.1 Å². The zero-order chi connectivity index (χ0) is 15.2. The highest BCUT2D eigenvalue weighted by atomic mass is 19.1. The van der Waals surface area contributed by atoms with E-state index in [1.807, 2.05) is 6.92 Å². The van der Waals surface area contributed by atoms with Gasteiger partial charge in [0.15, 0.2) is 0 Å². The molecule has 0 heterocycles. The number of rotatable bonds is 3. The van der Waals surface area contributed by atoms with Gasteiger partial charge < -0.3 is 5.11 Å². The van der Waals surface area contributed by atoms with Crippen molar-refractivity contribution < 1.29 is 9.50 Å². The first-order valence-corrected chi connectivity index (χ1v) is 8.65. The van der Waals surface area contributed by atoms with Crippen molar-refractivity contribution in [1.82, 2.24) is 0 Å². The van der Waals surface area contributed by atoms with Gasteiger partial charge in [-0.2, -0.15) is 0 Å². The van der Waals surface area contributed by atoms with Crippen LogP contribution in [-0.4, -0.2) is 5.11 Å². The second-order valence-corrected chi connectivity index (χ2v) is 6.64. The van der Waals surface area contributed by atoms with Crippen LogP contribution in [0.3, 0.4) is 0 Å². The van der Waals surface area contributed by atoms with Crippen LogP contribution in [0, 0.1) is 5.82 Å². The third-order valence-corrected chi connectivity index (χ3v) is 5.08. The van der Waals surface area contributed by atoms with Crippen molar-refractivity contribution >= 4 is 0 Å². The molecule has 1 nitrogen and oxygen atoms in total. The molecular weight excluding hydrogens is 263 g/mol. The van der Waals surface area contributed by atoms with Gasteiger partial charge in [-0.15, -0.1) is 0 Å². The number of aromatic hydroxyl groups is 1. The van der Waals surface area contributed by atoms with Crippen molar-refractivity contribution in [1.29, 1.82) is 0 Å². The number of halogens is 1. The molecule has 0 spiro atoms. The summed E-state index contributed by atoms with van der Waals surface area (Å²) in [5, 5.41) is 10.3. The number of hydrogen-bond acceptors (Lipinski definition) is 1. The quantitative estimate of drug-likeness (QED) is 0.696. The third-order valence-electron chi connectivity index (χ3n) is 5.08. The van der Waals surface area contributed by atoms with Crippen LogP contribution >= 0.6 is 0 Å². The van der Waals surface area contributed by atoms with Gasteiger partial charge >= 0.3 is 0 Å². The van der Waals surface area contributed by atoms with Crippen LogP contribution in [0.4, 0.5) is 4.39 Å². The van der Waals surface area contributed by atoms with Crippen LogP contribution in [0.25, 0.3) is 0 Å².